The highest BCUT2D eigenvalue weighted by molar-refractivity contribution is 7.99. The Balaban J connectivity index is 1.76. The van der Waals surface area contributed by atoms with E-state index in [1.54, 1.807) is 0 Å². The molecule has 1 unspecified atom stereocenters. The lowest BCUT2D eigenvalue weighted by Crippen LogP contribution is -2.46. The molecule has 1 atom stereocenters. The fraction of sp³-hybridized carbons (Fsp3) is 0.368. The first-order valence-corrected chi connectivity index (χ1v) is 9.38. The SMILES string of the molecule is CN1CCN(C2Cc3c(Cl)cccc3Sc3ccccc32)CC1. The van der Waals surface area contributed by atoms with E-state index in [1.165, 1.54) is 20.9 Å². The molecular formula is C19H21ClN2S. The molecule has 2 aromatic rings. The minimum atomic E-state index is 0.425. The molecule has 4 rings (SSSR count). The fourth-order valence-corrected chi connectivity index (χ4v) is 5.04. The van der Waals surface area contributed by atoms with Crippen LogP contribution >= 0.6 is 23.4 Å². The van der Waals surface area contributed by atoms with E-state index in [0.29, 0.717) is 6.04 Å². The summed E-state index contributed by atoms with van der Waals surface area (Å²) in [6.45, 7) is 4.53. The van der Waals surface area contributed by atoms with E-state index < -0.39 is 0 Å². The highest BCUT2D eigenvalue weighted by atomic mass is 35.5. The van der Waals surface area contributed by atoms with Gasteiger partial charge in [-0.2, -0.15) is 0 Å². The zero-order valence-electron chi connectivity index (χ0n) is 13.3. The lowest BCUT2D eigenvalue weighted by atomic mass is 9.96. The van der Waals surface area contributed by atoms with Crippen molar-refractivity contribution in [2.24, 2.45) is 0 Å². The summed E-state index contributed by atoms with van der Waals surface area (Å²) in [6, 6.07) is 15.6. The van der Waals surface area contributed by atoms with Crippen LogP contribution in [0, 0.1) is 0 Å². The largest absolute Gasteiger partial charge is 0.304 e. The van der Waals surface area contributed by atoms with Gasteiger partial charge in [0.15, 0.2) is 0 Å². The third-order valence-corrected chi connectivity index (χ3v) is 6.50. The number of fused-ring (bicyclic) bond motifs is 2. The van der Waals surface area contributed by atoms with E-state index in [0.717, 1.165) is 37.6 Å². The van der Waals surface area contributed by atoms with Crippen LogP contribution in [-0.2, 0) is 6.42 Å². The predicted molar refractivity (Wildman–Crippen MR) is 97.5 cm³/mol. The molecule has 2 aliphatic rings. The second kappa shape index (κ2) is 6.48. The van der Waals surface area contributed by atoms with Gasteiger partial charge in [0.05, 0.1) is 0 Å². The molecule has 0 aliphatic carbocycles. The van der Waals surface area contributed by atoms with Crippen molar-refractivity contribution in [3.8, 4) is 0 Å². The summed E-state index contributed by atoms with van der Waals surface area (Å²) < 4.78 is 0. The lowest BCUT2D eigenvalue weighted by molar-refractivity contribution is 0.110. The second-order valence-electron chi connectivity index (χ2n) is 6.42. The average Bonchev–Trinajstić information content (AvgIpc) is 2.73. The van der Waals surface area contributed by atoms with E-state index in [1.807, 2.05) is 17.8 Å². The van der Waals surface area contributed by atoms with Crippen LogP contribution in [0.4, 0.5) is 0 Å². The van der Waals surface area contributed by atoms with Gasteiger partial charge in [-0.25, -0.2) is 0 Å². The van der Waals surface area contributed by atoms with Crippen molar-refractivity contribution in [1.29, 1.82) is 0 Å². The molecule has 120 valence electrons. The number of hydrogen-bond donors (Lipinski definition) is 0. The molecule has 2 aromatic carbocycles. The first-order chi connectivity index (χ1) is 11.2. The molecule has 2 heterocycles. The van der Waals surface area contributed by atoms with Crippen LogP contribution in [0.2, 0.25) is 5.02 Å². The molecular weight excluding hydrogens is 324 g/mol. The van der Waals surface area contributed by atoms with Gasteiger partial charge in [-0.05, 0) is 42.8 Å². The minimum absolute atomic E-state index is 0.425. The summed E-state index contributed by atoms with van der Waals surface area (Å²) >= 11 is 8.41. The average molecular weight is 345 g/mol. The van der Waals surface area contributed by atoms with Gasteiger partial charge in [0.1, 0.15) is 0 Å². The third-order valence-electron chi connectivity index (χ3n) is 4.95. The Morgan fingerprint density at radius 3 is 2.52 bits per heavy atom. The first-order valence-electron chi connectivity index (χ1n) is 8.19. The van der Waals surface area contributed by atoms with Crippen LogP contribution in [-0.4, -0.2) is 43.0 Å². The van der Waals surface area contributed by atoms with Gasteiger partial charge in [0.2, 0.25) is 0 Å². The number of hydrogen-bond acceptors (Lipinski definition) is 3. The Morgan fingerprint density at radius 1 is 0.957 bits per heavy atom. The highest BCUT2D eigenvalue weighted by Gasteiger charge is 2.29. The number of nitrogens with zero attached hydrogens (tertiary/aromatic N) is 2. The molecule has 0 N–H and O–H groups in total. The number of rotatable bonds is 1. The molecule has 0 aromatic heterocycles. The van der Waals surface area contributed by atoms with Crippen LogP contribution in [0.1, 0.15) is 17.2 Å². The minimum Gasteiger partial charge on any atom is -0.304 e. The standard InChI is InChI=1S/C19H21ClN2S/c1-21-9-11-22(12-10-21)17-13-15-16(20)6-4-8-19(15)23-18-7-3-2-5-14(17)18/h2-8,17H,9-13H2,1H3. The van der Waals surface area contributed by atoms with Crippen LogP contribution in [0.15, 0.2) is 52.3 Å². The van der Waals surface area contributed by atoms with E-state index in [9.17, 15) is 0 Å². The van der Waals surface area contributed by atoms with Crippen molar-refractivity contribution in [3.05, 3.63) is 58.6 Å². The van der Waals surface area contributed by atoms with Crippen molar-refractivity contribution < 1.29 is 0 Å². The molecule has 0 spiro atoms. The Hall–Kier alpha value is -1.00. The predicted octanol–water partition coefficient (Wildman–Crippen LogP) is 4.34. The van der Waals surface area contributed by atoms with Crippen LogP contribution < -0.4 is 0 Å². The molecule has 0 saturated carbocycles. The summed E-state index contributed by atoms with van der Waals surface area (Å²) in [4.78, 5) is 7.73. The summed E-state index contributed by atoms with van der Waals surface area (Å²) in [7, 11) is 2.21. The van der Waals surface area contributed by atoms with E-state index in [4.69, 9.17) is 11.6 Å². The van der Waals surface area contributed by atoms with Crippen molar-refractivity contribution in [1.82, 2.24) is 9.80 Å². The summed E-state index contributed by atoms with van der Waals surface area (Å²) in [6.07, 6.45) is 1.00. The van der Waals surface area contributed by atoms with E-state index in [-0.39, 0.29) is 0 Å². The van der Waals surface area contributed by atoms with Crippen molar-refractivity contribution in [3.63, 3.8) is 0 Å². The topological polar surface area (TPSA) is 6.48 Å². The molecule has 0 bridgehead atoms. The maximum absolute atomic E-state index is 6.54. The Bertz CT molecular complexity index is 710. The number of benzene rings is 2. The number of piperazine rings is 1. The third kappa shape index (κ3) is 3.03. The molecule has 1 fully saturated rings. The van der Waals surface area contributed by atoms with Crippen LogP contribution in [0.25, 0.3) is 0 Å². The van der Waals surface area contributed by atoms with Gasteiger partial charge in [-0.3, -0.25) is 4.90 Å². The maximum atomic E-state index is 6.54. The molecule has 23 heavy (non-hydrogen) atoms. The van der Waals surface area contributed by atoms with Crippen LogP contribution in [0.3, 0.4) is 0 Å². The molecule has 0 amide bonds. The zero-order valence-corrected chi connectivity index (χ0v) is 14.9. The Morgan fingerprint density at radius 2 is 1.70 bits per heavy atom. The van der Waals surface area contributed by atoms with Gasteiger partial charge in [0.25, 0.3) is 0 Å². The monoisotopic (exact) mass is 344 g/mol. The highest BCUT2D eigenvalue weighted by Crippen LogP contribution is 2.44. The van der Waals surface area contributed by atoms with Gasteiger partial charge in [-0.15, -0.1) is 0 Å². The van der Waals surface area contributed by atoms with Crippen molar-refractivity contribution >= 4 is 23.4 Å². The van der Waals surface area contributed by atoms with Gasteiger partial charge >= 0.3 is 0 Å². The molecule has 2 nitrogen and oxygen atoms in total. The van der Waals surface area contributed by atoms with E-state index in [2.05, 4.69) is 53.2 Å². The Kier molecular flexibility index (Phi) is 4.37. The summed E-state index contributed by atoms with van der Waals surface area (Å²) in [5, 5.41) is 0.905. The van der Waals surface area contributed by atoms with Gasteiger partial charge < -0.3 is 4.90 Å². The molecule has 0 radical (unpaired) electrons. The van der Waals surface area contributed by atoms with E-state index >= 15 is 0 Å². The van der Waals surface area contributed by atoms with Gasteiger partial charge in [0, 0.05) is 47.0 Å². The molecule has 2 aliphatic heterocycles. The molecule has 4 heteroatoms. The maximum Gasteiger partial charge on any atom is 0.0450 e. The van der Waals surface area contributed by atoms with Gasteiger partial charge in [-0.1, -0.05) is 47.6 Å². The quantitative estimate of drug-likeness (QED) is 0.760. The summed E-state index contributed by atoms with van der Waals surface area (Å²) in [5.41, 5.74) is 2.76. The first kappa shape index (κ1) is 15.5. The Labute approximate surface area is 147 Å². The van der Waals surface area contributed by atoms with Crippen molar-refractivity contribution in [2.45, 2.75) is 22.3 Å². The fourth-order valence-electron chi connectivity index (χ4n) is 3.56. The lowest BCUT2D eigenvalue weighted by Gasteiger charge is -2.38. The van der Waals surface area contributed by atoms with Crippen molar-refractivity contribution in [2.75, 3.05) is 33.2 Å². The summed E-state index contributed by atoms with van der Waals surface area (Å²) in [5.74, 6) is 0. The normalized spacial score (nSPS) is 22.3. The number of halogens is 1. The number of likely N-dealkylation sites (N-methyl/N-ethyl adjacent to an activating group) is 1. The molecule has 1 saturated heterocycles. The smallest absolute Gasteiger partial charge is 0.0450 e. The van der Waals surface area contributed by atoms with Crippen LogP contribution in [0.5, 0.6) is 0 Å². The second-order valence-corrected chi connectivity index (χ2v) is 7.91. The zero-order chi connectivity index (χ0) is 15.8.